The molecule has 1 aliphatic rings. The molecule has 3 aromatic carbocycles. The van der Waals surface area contributed by atoms with E-state index in [1.165, 1.54) is 11.3 Å². The van der Waals surface area contributed by atoms with E-state index in [-0.39, 0.29) is 17.1 Å². The Morgan fingerprint density at radius 1 is 0.781 bits per heavy atom. The number of halogens is 2. The lowest BCUT2D eigenvalue weighted by atomic mass is 10.0. The third-order valence-electron chi connectivity index (χ3n) is 5.43. The molecule has 0 saturated heterocycles. The van der Waals surface area contributed by atoms with E-state index in [0.29, 0.717) is 16.1 Å². The van der Waals surface area contributed by atoms with Crippen LogP contribution in [0.1, 0.15) is 25.7 Å². The summed E-state index contributed by atoms with van der Waals surface area (Å²) < 4.78 is 2.85. The second kappa shape index (κ2) is 7.56. The van der Waals surface area contributed by atoms with Gasteiger partial charge < -0.3 is 0 Å². The number of Topliss-reactive ketones (excluding diaryl/α,β-unsaturated/α-hetero) is 2. The van der Waals surface area contributed by atoms with E-state index < -0.39 is 0 Å². The van der Waals surface area contributed by atoms with Crippen molar-refractivity contribution >= 4 is 92.5 Å². The van der Waals surface area contributed by atoms with Crippen molar-refractivity contribution in [2.45, 2.75) is 0 Å². The SMILES string of the molecule is O=C1C(=Cc2nc3sc(-c4ccccc4)cc3s2)C(=O)c2cc3cc(Br)c(Br)cc3cc21. The molecule has 0 radical (unpaired) electrons. The highest BCUT2D eigenvalue weighted by Gasteiger charge is 2.34. The number of thiazole rings is 1. The Morgan fingerprint density at radius 2 is 1.41 bits per heavy atom. The monoisotopic (exact) mass is 579 g/mol. The van der Waals surface area contributed by atoms with Crippen LogP contribution in [0.15, 0.2) is 75.2 Å². The van der Waals surface area contributed by atoms with Crippen molar-refractivity contribution in [2.24, 2.45) is 0 Å². The van der Waals surface area contributed by atoms with E-state index in [2.05, 4.69) is 55.0 Å². The number of rotatable bonds is 2. The predicted octanol–water partition coefficient (Wildman–Crippen LogP) is 8.17. The van der Waals surface area contributed by atoms with Crippen molar-refractivity contribution in [3.8, 4) is 10.4 Å². The average Bonchev–Trinajstić information content (AvgIpc) is 3.42. The molecule has 154 valence electrons. The first-order chi connectivity index (χ1) is 15.5. The molecule has 0 bridgehead atoms. The van der Waals surface area contributed by atoms with Gasteiger partial charge in [-0.1, -0.05) is 30.3 Å². The molecule has 7 heteroatoms. The van der Waals surface area contributed by atoms with Crippen molar-refractivity contribution < 1.29 is 9.59 Å². The molecule has 0 fully saturated rings. The highest BCUT2D eigenvalue weighted by atomic mass is 79.9. The highest BCUT2D eigenvalue weighted by molar-refractivity contribution is 9.13. The van der Waals surface area contributed by atoms with Gasteiger partial charge in [0.05, 0.1) is 10.3 Å². The largest absolute Gasteiger partial charge is 0.288 e. The number of hydrogen-bond donors (Lipinski definition) is 0. The maximum atomic E-state index is 13.1. The zero-order valence-electron chi connectivity index (χ0n) is 16.2. The van der Waals surface area contributed by atoms with Gasteiger partial charge in [0, 0.05) is 24.9 Å². The molecule has 0 unspecified atom stereocenters. The third-order valence-corrected chi connectivity index (χ3v) is 9.43. The Labute approximate surface area is 207 Å². The fourth-order valence-electron chi connectivity index (χ4n) is 3.88. The first-order valence-electron chi connectivity index (χ1n) is 9.67. The van der Waals surface area contributed by atoms with Gasteiger partial charge >= 0.3 is 0 Å². The number of allylic oxidation sites excluding steroid dienone is 1. The summed E-state index contributed by atoms with van der Waals surface area (Å²) in [4.78, 5) is 32.9. The minimum absolute atomic E-state index is 0.179. The van der Waals surface area contributed by atoms with Gasteiger partial charge in [-0.3, -0.25) is 9.59 Å². The minimum Gasteiger partial charge on any atom is -0.288 e. The van der Waals surface area contributed by atoms with Gasteiger partial charge in [-0.15, -0.1) is 22.7 Å². The van der Waals surface area contributed by atoms with Crippen LogP contribution in [-0.2, 0) is 0 Å². The molecule has 5 aromatic rings. The van der Waals surface area contributed by atoms with Crippen LogP contribution >= 0.6 is 54.5 Å². The van der Waals surface area contributed by atoms with Gasteiger partial charge in [0.15, 0.2) is 11.6 Å². The average molecular weight is 581 g/mol. The number of carbonyl (C=O) groups is 2. The summed E-state index contributed by atoms with van der Waals surface area (Å²) in [7, 11) is 0. The van der Waals surface area contributed by atoms with Gasteiger partial charge in [-0.25, -0.2) is 4.98 Å². The van der Waals surface area contributed by atoms with E-state index in [4.69, 9.17) is 0 Å². The van der Waals surface area contributed by atoms with Crippen molar-refractivity contribution in [3.63, 3.8) is 0 Å². The van der Waals surface area contributed by atoms with Crippen LogP contribution in [0.25, 0.3) is 36.8 Å². The van der Waals surface area contributed by atoms with E-state index in [1.54, 1.807) is 29.5 Å². The molecule has 0 aliphatic heterocycles. The lowest BCUT2D eigenvalue weighted by molar-refractivity contribution is 0.0990. The van der Waals surface area contributed by atoms with Crippen LogP contribution in [0.4, 0.5) is 0 Å². The molecule has 0 atom stereocenters. The topological polar surface area (TPSA) is 47.0 Å². The second-order valence-electron chi connectivity index (χ2n) is 7.43. The van der Waals surface area contributed by atoms with Crippen LogP contribution in [0, 0.1) is 0 Å². The fourth-order valence-corrected chi connectivity index (χ4v) is 6.77. The molecule has 0 amide bonds. The van der Waals surface area contributed by atoms with Gasteiger partial charge in [0.2, 0.25) is 0 Å². The smallest absolute Gasteiger partial charge is 0.197 e. The van der Waals surface area contributed by atoms with E-state index in [9.17, 15) is 9.59 Å². The number of fused-ring (bicyclic) bond motifs is 3. The standard InChI is InChI=1S/C25H11Br2NO2S2/c26-18-8-13-6-15-16(7-14(13)9-19(18)27)24(30)17(23(15)29)10-22-28-25-21(31-22)11-20(32-25)12-4-2-1-3-5-12/h1-11H. The minimum atomic E-state index is -0.241. The highest BCUT2D eigenvalue weighted by Crippen LogP contribution is 2.38. The zero-order chi connectivity index (χ0) is 22.0. The van der Waals surface area contributed by atoms with Gasteiger partial charge in [0.25, 0.3) is 0 Å². The predicted molar refractivity (Wildman–Crippen MR) is 139 cm³/mol. The molecule has 0 spiro atoms. The summed E-state index contributed by atoms with van der Waals surface area (Å²) in [6, 6.07) is 19.8. The van der Waals surface area contributed by atoms with Crippen LogP contribution in [-0.4, -0.2) is 16.6 Å². The summed E-state index contributed by atoms with van der Waals surface area (Å²) >= 11 is 10.1. The molecular formula is C25H11Br2NO2S2. The number of carbonyl (C=O) groups excluding carboxylic acids is 2. The Morgan fingerprint density at radius 3 is 2.00 bits per heavy atom. The summed E-state index contributed by atoms with van der Waals surface area (Å²) in [5, 5.41) is 2.49. The summed E-state index contributed by atoms with van der Waals surface area (Å²) in [6.07, 6.45) is 1.64. The third kappa shape index (κ3) is 3.23. The zero-order valence-corrected chi connectivity index (χ0v) is 21.0. The number of aromatic nitrogens is 1. The summed E-state index contributed by atoms with van der Waals surface area (Å²) in [5.41, 5.74) is 2.24. The molecule has 0 N–H and O–H groups in total. The lowest BCUT2D eigenvalue weighted by Crippen LogP contribution is -1.99. The normalized spacial score (nSPS) is 13.4. The Hall–Kier alpha value is -2.45. The molecular weight excluding hydrogens is 570 g/mol. The first kappa shape index (κ1) is 20.2. The first-order valence-corrected chi connectivity index (χ1v) is 12.9. The van der Waals surface area contributed by atoms with Crippen molar-refractivity contribution in [1.82, 2.24) is 4.98 Å². The van der Waals surface area contributed by atoms with E-state index in [0.717, 1.165) is 39.7 Å². The van der Waals surface area contributed by atoms with Crippen LogP contribution in [0.3, 0.4) is 0 Å². The Balaban J connectivity index is 1.39. The molecule has 0 saturated carbocycles. The number of nitrogens with zero attached hydrogens (tertiary/aromatic N) is 1. The Bertz CT molecular complexity index is 1540. The molecule has 1 aliphatic carbocycles. The van der Waals surface area contributed by atoms with Crippen molar-refractivity contribution in [1.29, 1.82) is 0 Å². The fraction of sp³-hybridized carbons (Fsp3) is 0. The van der Waals surface area contributed by atoms with Gasteiger partial charge in [0.1, 0.15) is 9.84 Å². The number of ketones is 2. The second-order valence-corrected chi connectivity index (χ2v) is 11.2. The van der Waals surface area contributed by atoms with Crippen molar-refractivity contribution in [3.05, 3.63) is 91.3 Å². The maximum absolute atomic E-state index is 13.1. The molecule has 2 heterocycles. The quantitative estimate of drug-likeness (QED) is 0.156. The van der Waals surface area contributed by atoms with E-state index in [1.807, 2.05) is 30.3 Å². The summed E-state index contributed by atoms with van der Waals surface area (Å²) in [6.45, 7) is 0. The van der Waals surface area contributed by atoms with E-state index >= 15 is 0 Å². The van der Waals surface area contributed by atoms with Crippen LogP contribution in [0.2, 0.25) is 0 Å². The molecule has 6 rings (SSSR count). The van der Waals surface area contributed by atoms with Gasteiger partial charge in [-0.05, 0) is 84.6 Å². The number of thiophene rings is 1. The Kier molecular flexibility index (Phi) is 4.76. The van der Waals surface area contributed by atoms with Gasteiger partial charge in [-0.2, -0.15) is 0 Å². The molecule has 32 heavy (non-hydrogen) atoms. The number of benzene rings is 3. The molecule has 3 nitrogen and oxygen atoms in total. The maximum Gasteiger partial charge on any atom is 0.197 e. The molecule has 2 aromatic heterocycles. The lowest BCUT2D eigenvalue weighted by Gasteiger charge is -2.04. The van der Waals surface area contributed by atoms with Crippen LogP contribution < -0.4 is 0 Å². The number of hydrogen-bond acceptors (Lipinski definition) is 5. The summed E-state index contributed by atoms with van der Waals surface area (Å²) in [5.74, 6) is -0.482. The van der Waals surface area contributed by atoms with Crippen LogP contribution in [0.5, 0.6) is 0 Å². The van der Waals surface area contributed by atoms with Crippen molar-refractivity contribution in [2.75, 3.05) is 0 Å².